The van der Waals surface area contributed by atoms with E-state index in [9.17, 15) is 0 Å². The number of fused-ring (bicyclic) bond motifs is 12. The first-order valence-corrected chi connectivity index (χ1v) is 15.9. The van der Waals surface area contributed by atoms with Gasteiger partial charge >= 0.3 is 0 Å². The zero-order valence-electron chi connectivity index (χ0n) is 25.1. The Morgan fingerprint density at radius 3 is 1.76 bits per heavy atom. The van der Waals surface area contributed by atoms with Gasteiger partial charge in [-0.05, 0) is 84.3 Å². The molecule has 2 aliphatic rings. The molecule has 1 spiro atoms. The molecule has 214 valence electrons. The Balaban J connectivity index is 1.27. The molecule has 0 amide bonds. The maximum absolute atomic E-state index is 6.85. The first-order chi connectivity index (χ1) is 22.8. The molecule has 46 heavy (non-hydrogen) atoms. The first-order valence-electron chi connectivity index (χ1n) is 15.9. The van der Waals surface area contributed by atoms with E-state index >= 15 is 0 Å². The summed E-state index contributed by atoms with van der Waals surface area (Å²) in [5.41, 5.74) is 11.9. The van der Waals surface area contributed by atoms with E-state index in [4.69, 9.17) is 4.74 Å². The molecule has 1 aliphatic carbocycles. The fourth-order valence-corrected chi connectivity index (χ4v) is 8.28. The summed E-state index contributed by atoms with van der Waals surface area (Å²) in [5, 5.41) is 5.03. The summed E-state index contributed by atoms with van der Waals surface area (Å²) < 4.78 is 6.85. The van der Waals surface area contributed by atoms with Crippen LogP contribution in [-0.4, -0.2) is 0 Å². The third kappa shape index (κ3) is 3.35. The van der Waals surface area contributed by atoms with Crippen molar-refractivity contribution in [3.63, 3.8) is 0 Å². The monoisotopic (exact) mass is 584 g/mol. The van der Waals surface area contributed by atoms with Gasteiger partial charge in [0.1, 0.15) is 11.5 Å². The minimum atomic E-state index is -0.458. The van der Waals surface area contributed by atoms with E-state index in [1.807, 2.05) is 0 Å². The Kier molecular flexibility index (Phi) is 5.27. The Morgan fingerprint density at radius 2 is 0.957 bits per heavy atom. The summed E-state index contributed by atoms with van der Waals surface area (Å²) in [6.45, 7) is 0. The molecule has 10 rings (SSSR count). The molecule has 1 aliphatic heterocycles. The van der Waals surface area contributed by atoms with Gasteiger partial charge in [-0.15, -0.1) is 0 Å². The molecular weight excluding hydrogens is 556 g/mol. The molecular formula is C45H28O. The van der Waals surface area contributed by atoms with Gasteiger partial charge in [0.25, 0.3) is 0 Å². The van der Waals surface area contributed by atoms with Crippen molar-refractivity contribution < 1.29 is 4.74 Å². The second-order valence-electron chi connectivity index (χ2n) is 12.4. The van der Waals surface area contributed by atoms with Crippen LogP contribution in [0.15, 0.2) is 170 Å². The summed E-state index contributed by atoms with van der Waals surface area (Å²) >= 11 is 0. The van der Waals surface area contributed by atoms with Crippen molar-refractivity contribution in [2.75, 3.05) is 0 Å². The van der Waals surface area contributed by atoms with Gasteiger partial charge in [0, 0.05) is 11.1 Å². The van der Waals surface area contributed by atoms with Crippen molar-refractivity contribution in [2.24, 2.45) is 0 Å². The minimum Gasteiger partial charge on any atom is -0.457 e. The quantitative estimate of drug-likeness (QED) is 0.184. The zero-order chi connectivity index (χ0) is 30.2. The molecule has 0 radical (unpaired) electrons. The van der Waals surface area contributed by atoms with E-state index in [-0.39, 0.29) is 0 Å². The Bertz CT molecular complexity index is 2460. The lowest BCUT2D eigenvalue weighted by Gasteiger charge is -2.39. The lowest BCUT2D eigenvalue weighted by atomic mass is 9.66. The van der Waals surface area contributed by atoms with Crippen LogP contribution < -0.4 is 4.74 Å². The number of ether oxygens (including phenoxy) is 1. The van der Waals surface area contributed by atoms with Crippen molar-refractivity contribution >= 4 is 21.5 Å². The van der Waals surface area contributed by atoms with Crippen LogP contribution in [0.4, 0.5) is 0 Å². The number of para-hydroxylation sites is 1. The summed E-state index contributed by atoms with van der Waals surface area (Å²) in [4.78, 5) is 0. The largest absolute Gasteiger partial charge is 0.457 e. The molecule has 0 aromatic heterocycles. The number of hydrogen-bond donors (Lipinski definition) is 0. The summed E-state index contributed by atoms with van der Waals surface area (Å²) in [7, 11) is 0. The molecule has 0 fully saturated rings. The molecule has 8 aromatic carbocycles. The van der Waals surface area contributed by atoms with Gasteiger partial charge in [-0.3, -0.25) is 0 Å². The summed E-state index contributed by atoms with van der Waals surface area (Å²) in [5.74, 6) is 1.81. The van der Waals surface area contributed by atoms with Crippen molar-refractivity contribution in [1.82, 2.24) is 0 Å². The highest BCUT2D eigenvalue weighted by atomic mass is 16.5. The zero-order valence-corrected chi connectivity index (χ0v) is 25.1. The van der Waals surface area contributed by atoms with Gasteiger partial charge in [0.05, 0.1) is 5.41 Å². The molecule has 0 N–H and O–H groups in total. The van der Waals surface area contributed by atoms with E-state index in [0.717, 1.165) is 17.1 Å². The van der Waals surface area contributed by atoms with Crippen LogP contribution in [0.2, 0.25) is 0 Å². The van der Waals surface area contributed by atoms with Gasteiger partial charge < -0.3 is 4.74 Å². The van der Waals surface area contributed by atoms with Crippen LogP contribution in [0.25, 0.3) is 54.9 Å². The normalized spacial score (nSPS) is 13.6. The van der Waals surface area contributed by atoms with Crippen molar-refractivity contribution in [3.8, 4) is 44.9 Å². The van der Waals surface area contributed by atoms with Gasteiger partial charge in [-0.25, -0.2) is 0 Å². The van der Waals surface area contributed by atoms with Crippen molar-refractivity contribution in [1.29, 1.82) is 0 Å². The molecule has 0 saturated carbocycles. The average Bonchev–Trinajstić information content (AvgIpc) is 3.42. The second kappa shape index (κ2) is 9.54. The van der Waals surface area contributed by atoms with Crippen LogP contribution in [0.1, 0.15) is 22.3 Å². The molecule has 1 heterocycles. The lowest BCUT2D eigenvalue weighted by molar-refractivity contribution is 0.436. The summed E-state index contributed by atoms with van der Waals surface area (Å²) in [6, 6.07) is 61.8. The molecule has 0 saturated heterocycles. The Hall–Kier alpha value is -5.92. The van der Waals surface area contributed by atoms with Crippen LogP contribution in [-0.2, 0) is 5.41 Å². The van der Waals surface area contributed by atoms with E-state index in [2.05, 4.69) is 170 Å². The fraction of sp³-hybridized carbons (Fsp3) is 0.0222. The van der Waals surface area contributed by atoms with Crippen LogP contribution in [0.3, 0.4) is 0 Å². The third-order valence-corrected chi connectivity index (χ3v) is 10.1. The Morgan fingerprint density at radius 1 is 0.348 bits per heavy atom. The van der Waals surface area contributed by atoms with Gasteiger partial charge in [-0.1, -0.05) is 152 Å². The first kappa shape index (κ1) is 25.4. The SMILES string of the molecule is c1ccc(-c2cc3ccccc3c3cccc(-c4ccc5c(c4)Oc4ccccc4C54c5ccccc5-c5ccccc54)c23)cc1. The van der Waals surface area contributed by atoms with Gasteiger partial charge in [0.2, 0.25) is 0 Å². The molecule has 1 heteroatoms. The predicted octanol–water partition coefficient (Wildman–Crippen LogP) is 11.8. The van der Waals surface area contributed by atoms with Gasteiger partial charge in [-0.2, -0.15) is 0 Å². The van der Waals surface area contributed by atoms with Crippen molar-refractivity contribution in [2.45, 2.75) is 5.41 Å². The molecule has 0 unspecified atom stereocenters. The topological polar surface area (TPSA) is 9.23 Å². The lowest BCUT2D eigenvalue weighted by Crippen LogP contribution is -2.32. The van der Waals surface area contributed by atoms with E-state index in [1.165, 1.54) is 71.6 Å². The fourth-order valence-electron chi connectivity index (χ4n) is 8.28. The van der Waals surface area contributed by atoms with E-state index < -0.39 is 5.41 Å². The minimum absolute atomic E-state index is 0.458. The molecule has 0 atom stereocenters. The maximum Gasteiger partial charge on any atom is 0.132 e. The average molecular weight is 585 g/mol. The smallest absolute Gasteiger partial charge is 0.132 e. The number of hydrogen-bond acceptors (Lipinski definition) is 1. The molecule has 1 nitrogen and oxygen atoms in total. The third-order valence-electron chi connectivity index (χ3n) is 10.1. The van der Waals surface area contributed by atoms with Crippen LogP contribution in [0.5, 0.6) is 11.5 Å². The summed E-state index contributed by atoms with van der Waals surface area (Å²) in [6.07, 6.45) is 0. The standard InChI is InChI=1S/C45H28O/c1-2-13-29(14-3-1)37-27-30-15-4-5-16-32(30)36-20-12-19-33(44(36)37)31-25-26-41-43(28-31)46-42-24-11-10-23-40(42)45(41)38-21-8-6-17-34(38)35-18-7-9-22-39(35)45/h1-28H. The van der Waals surface area contributed by atoms with Gasteiger partial charge in [0.15, 0.2) is 0 Å². The van der Waals surface area contributed by atoms with Crippen LogP contribution in [0, 0.1) is 0 Å². The number of benzene rings is 8. The number of rotatable bonds is 2. The van der Waals surface area contributed by atoms with Crippen molar-refractivity contribution in [3.05, 3.63) is 192 Å². The predicted molar refractivity (Wildman–Crippen MR) is 190 cm³/mol. The highest BCUT2D eigenvalue weighted by molar-refractivity contribution is 6.18. The maximum atomic E-state index is 6.85. The van der Waals surface area contributed by atoms with E-state index in [0.29, 0.717) is 0 Å². The second-order valence-corrected chi connectivity index (χ2v) is 12.4. The molecule has 8 aromatic rings. The highest BCUT2D eigenvalue weighted by Crippen LogP contribution is 2.62. The van der Waals surface area contributed by atoms with Crippen LogP contribution >= 0.6 is 0 Å². The highest BCUT2D eigenvalue weighted by Gasteiger charge is 2.50. The Labute approximate surface area is 268 Å². The molecule has 0 bridgehead atoms. The van der Waals surface area contributed by atoms with E-state index in [1.54, 1.807) is 0 Å².